The van der Waals surface area contributed by atoms with Crippen molar-refractivity contribution >= 4 is 11.7 Å². The van der Waals surface area contributed by atoms with Crippen LogP contribution in [0.3, 0.4) is 0 Å². The molecule has 0 unspecified atom stereocenters. The first-order chi connectivity index (χ1) is 8.17. The van der Waals surface area contributed by atoms with Gasteiger partial charge >= 0.3 is 0 Å². The zero-order valence-corrected chi connectivity index (χ0v) is 10.1. The van der Waals surface area contributed by atoms with Gasteiger partial charge in [-0.15, -0.1) is 6.58 Å². The highest BCUT2D eigenvalue weighted by Crippen LogP contribution is 2.06. The average Bonchev–Trinajstić information content (AvgIpc) is 2.75. The second-order valence-corrected chi connectivity index (χ2v) is 3.84. The van der Waals surface area contributed by atoms with Gasteiger partial charge in [0.1, 0.15) is 6.54 Å². The van der Waals surface area contributed by atoms with Crippen LogP contribution < -0.4 is 5.32 Å². The molecule has 0 saturated carbocycles. The van der Waals surface area contributed by atoms with E-state index in [1.54, 1.807) is 29.1 Å². The summed E-state index contributed by atoms with van der Waals surface area (Å²) in [4.78, 5) is 23.0. The van der Waals surface area contributed by atoms with Gasteiger partial charge in [-0.25, -0.2) is 0 Å². The monoisotopic (exact) mass is 234 g/mol. The van der Waals surface area contributed by atoms with E-state index in [1.165, 1.54) is 0 Å². The van der Waals surface area contributed by atoms with E-state index >= 15 is 0 Å². The lowest BCUT2D eigenvalue weighted by molar-refractivity contribution is -0.121. The molecule has 0 aliphatic rings. The topological polar surface area (TPSA) is 51.1 Å². The fourth-order valence-corrected chi connectivity index (χ4v) is 1.48. The molecular weight excluding hydrogens is 216 g/mol. The maximum Gasteiger partial charge on any atom is 0.240 e. The SMILES string of the molecule is C=CCNC(=O)Cn1ccc(C(=O)CCC)c1. The molecule has 0 aliphatic heterocycles. The summed E-state index contributed by atoms with van der Waals surface area (Å²) < 4.78 is 1.71. The van der Waals surface area contributed by atoms with Crippen LogP contribution in [0.5, 0.6) is 0 Å². The first-order valence-corrected chi connectivity index (χ1v) is 5.74. The molecule has 0 bridgehead atoms. The maximum absolute atomic E-state index is 11.6. The van der Waals surface area contributed by atoms with Gasteiger partial charge in [-0.05, 0) is 12.5 Å². The molecule has 92 valence electrons. The number of carbonyl (C=O) groups excluding carboxylic acids is 2. The Kier molecular flexibility index (Phi) is 5.20. The van der Waals surface area contributed by atoms with Crippen LogP contribution in [-0.2, 0) is 11.3 Å². The summed E-state index contributed by atoms with van der Waals surface area (Å²) in [5.74, 6) is 0.0349. The molecule has 1 N–H and O–H groups in total. The second-order valence-electron chi connectivity index (χ2n) is 3.84. The van der Waals surface area contributed by atoms with Crippen LogP contribution in [0.15, 0.2) is 31.1 Å². The Balaban J connectivity index is 2.53. The summed E-state index contributed by atoms with van der Waals surface area (Å²) in [6, 6.07) is 1.75. The number of carbonyl (C=O) groups is 2. The number of hydrogen-bond acceptors (Lipinski definition) is 2. The molecule has 0 spiro atoms. The summed E-state index contributed by atoms with van der Waals surface area (Å²) in [5, 5.41) is 2.68. The molecule has 1 aromatic heterocycles. The summed E-state index contributed by atoms with van der Waals surface area (Å²) in [6.45, 7) is 6.18. The predicted octanol–water partition coefficient (Wildman–Crippen LogP) is 1.77. The predicted molar refractivity (Wildman–Crippen MR) is 66.9 cm³/mol. The van der Waals surface area contributed by atoms with Crippen LogP contribution in [0.1, 0.15) is 30.1 Å². The number of ketones is 1. The molecule has 4 heteroatoms. The molecule has 0 fully saturated rings. The minimum absolute atomic E-state index is 0.0880. The molecule has 0 atom stereocenters. The fraction of sp³-hybridized carbons (Fsp3) is 0.385. The van der Waals surface area contributed by atoms with Gasteiger partial charge in [0.15, 0.2) is 5.78 Å². The molecule has 0 aliphatic carbocycles. The molecule has 1 aromatic rings. The van der Waals surface area contributed by atoms with Gasteiger partial charge in [0, 0.05) is 30.9 Å². The third kappa shape index (κ3) is 4.26. The van der Waals surface area contributed by atoms with E-state index in [4.69, 9.17) is 0 Å². The van der Waals surface area contributed by atoms with Crippen LogP contribution in [0.4, 0.5) is 0 Å². The van der Waals surface area contributed by atoms with Gasteiger partial charge in [0.2, 0.25) is 5.91 Å². The van der Waals surface area contributed by atoms with E-state index in [-0.39, 0.29) is 18.2 Å². The molecular formula is C13H18N2O2. The van der Waals surface area contributed by atoms with Crippen molar-refractivity contribution in [1.29, 1.82) is 0 Å². The van der Waals surface area contributed by atoms with Crippen LogP contribution in [0.2, 0.25) is 0 Å². The highest BCUT2D eigenvalue weighted by Gasteiger charge is 2.07. The lowest BCUT2D eigenvalue weighted by atomic mass is 10.1. The number of aromatic nitrogens is 1. The standard InChI is InChI=1S/C13H18N2O2/c1-3-5-12(16)11-6-8-15(9-11)10-13(17)14-7-4-2/h4,6,8-9H,2-3,5,7,10H2,1H3,(H,14,17). The van der Waals surface area contributed by atoms with Gasteiger partial charge in [0.25, 0.3) is 0 Å². The average molecular weight is 234 g/mol. The first kappa shape index (κ1) is 13.2. The van der Waals surface area contributed by atoms with Crippen LogP contribution in [0.25, 0.3) is 0 Å². The number of amides is 1. The fourth-order valence-electron chi connectivity index (χ4n) is 1.48. The van der Waals surface area contributed by atoms with Crippen molar-refractivity contribution in [2.24, 2.45) is 0 Å². The number of Topliss-reactive ketones (excluding diaryl/α,β-unsaturated/α-hetero) is 1. The van der Waals surface area contributed by atoms with Gasteiger partial charge in [-0.2, -0.15) is 0 Å². The molecule has 0 saturated heterocycles. The number of hydrogen-bond donors (Lipinski definition) is 1. The summed E-state index contributed by atoms with van der Waals surface area (Å²) in [7, 11) is 0. The van der Waals surface area contributed by atoms with Crippen molar-refractivity contribution in [3.8, 4) is 0 Å². The molecule has 0 radical (unpaired) electrons. The van der Waals surface area contributed by atoms with Gasteiger partial charge in [-0.3, -0.25) is 9.59 Å². The molecule has 1 rings (SSSR count). The largest absolute Gasteiger partial charge is 0.351 e. The third-order valence-electron chi connectivity index (χ3n) is 2.32. The Hall–Kier alpha value is -1.84. The minimum Gasteiger partial charge on any atom is -0.351 e. The minimum atomic E-state index is -0.0880. The summed E-state index contributed by atoms with van der Waals surface area (Å²) in [5.41, 5.74) is 0.670. The molecule has 1 amide bonds. The van der Waals surface area contributed by atoms with Crippen LogP contribution in [0, 0.1) is 0 Å². The zero-order chi connectivity index (χ0) is 12.7. The number of nitrogens with zero attached hydrogens (tertiary/aromatic N) is 1. The molecule has 17 heavy (non-hydrogen) atoms. The molecule has 4 nitrogen and oxygen atoms in total. The van der Waals surface area contributed by atoms with Gasteiger partial charge in [0.05, 0.1) is 0 Å². The Bertz CT molecular complexity index is 407. The highest BCUT2D eigenvalue weighted by molar-refractivity contribution is 5.95. The summed E-state index contributed by atoms with van der Waals surface area (Å²) in [6.07, 6.45) is 6.47. The van der Waals surface area contributed by atoms with E-state index in [2.05, 4.69) is 11.9 Å². The lowest BCUT2D eigenvalue weighted by Crippen LogP contribution is -2.27. The third-order valence-corrected chi connectivity index (χ3v) is 2.32. The van der Waals surface area contributed by atoms with E-state index < -0.39 is 0 Å². The molecule has 1 heterocycles. The Morgan fingerprint density at radius 1 is 1.53 bits per heavy atom. The zero-order valence-electron chi connectivity index (χ0n) is 10.1. The smallest absolute Gasteiger partial charge is 0.240 e. The Morgan fingerprint density at radius 3 is 2.94 bits per heavy atom. The maximum atomic E-state index is 11.6. The van der Waals surface area contributed by atoms with Crippen molar-refractivity contribution in [2.45, 2.75) is 26.3 Å². The van der Waals surface area contributed by atoms with Crippen molar-refractivity contribution in [2.75, 3.05) is 6.54 Å². The normalized spacial score (nSPS) is 9.94. The van der Waals surface area contributed by atoms with Gasteiger partial charge < -0.3 is 9.88 Å². The number of nitrogens with one attached hydrogen (secondary N) is 1. The first-order valence-electron chi connectivity index (χ1n) is 5.74. The van der Waals surface area contributed by atoms with Crippen LogP contribution in [-0.4, -0.2) is 22.8 Å². The van der Waals surface area contributed by atoms with E-state index in [9.17, 15) is 9.59 Å². The number of rotatable bonds is 7. The Labute approximate surface area is 101 Å². The summed E-state index contributed by atoms with van der Waals surface area (Å²) >= 11 is 0. The van der Waals surface area contributed by atoms with Gasteiger partial charge in [-0.1, -0.05) is 13.0 Å². The van der Waals surface area contributed by atoms with Crippen molar-refractivity contribution in [3.05, 3.63) is 36.7 Å². The second kappa shape index (κ2) is 6.68. The van der Waals surface area contributed by atoms with E-state index in [0.29, 0.717) is 18.5 Å². The van der Waals surface area contributed by atoms with Crippen molar-refractivity contribution < 1.29 is 9.59 Å². The van der Waals surface area contributed by atoms with Crippen molar-refractivity contribution in [1.82, 2.24) is 9.88 Å². The lowest BCUT2D eigenvalue weighted by Gasteiger charge is -2.03. The van der Waals surface area contributed by atoms with E-state index in [0.717, 1.165) is 6.42 Å². The van der Waals surface area contributed by atoms with E-state index in [1.807, 2.05) is 6.92 Å². The highest BCUT2D eigenvalue weighted by atomic mass is 16.2. The van der Waals surface area contributed by atoms with Crippen molar-refractivity contribution in [3.63, 3.8) is 0 Å². The Morgan fingerprint density at radius 2 is 2.29 bits per heavy atom. The molecule has 0 aromatic carbocycles. The quantitative estimate of drug-likeness (QED) is 0.577. The van der Waals surface area contributed by atoms with Crippen LogP contribution >= 0.6 is 0 Å².